The third kappa shape index (κ3) is 1.15. The standard InChI is InChI=1S/C3H4ClN2P/c4-7-3-1-2-5-6-3/h1-2,7H,(H,5,6). The van der Waals surface area contributed by atoms with Gasteiger partial charge in [-0.25, -0.2) is 0 Å². The van der Waals surface area contributed by atoms with E-state index in [2.05, 4.69) is 10.2 Å². The van der Waals surface area contributed by atoms with Crippen molar-refractivity contribution >= 4 is 24.6 Å². The Morgan fingerprint density at radius 1 is 1.86 bits per heavy atom. The van der Waals surface area contributed by atoms with E-state index in [1.54, 1.807) is 6.20 Å². The molecule has 4 heteroatoms. The van der Waals surface area contributed by atoms with Gasteiger partial charge in [-0.1, -0.05) is 11.2 Å². The van der Waals surface area contributed by atoms with Crippen molar-refractivity contribution in [2.24, 2.45) is 0 Å². The van der Waals surface area contributed by atoms with Crippen LogP contribution < -0.4 is 5.44 Å². The zero-order valence-corrected chi connectivity index (χ0v) is 5.24. The second-order valence-corrected chi connectivity index (χ2v) is 2.32. The van der Waals surface area contributed by atoms with Crippen molar-refractivity contribution in [3.05, 3.63) is 12.3 Å². The molecule has 1 aromatic rings. The zero-order valence-electron chi connectivity index (χ0n) is 3.48. The van der Waals surface area contributed by atoms with Crippen molar-refractivity contribution in [1.29, 1.82) is 0 Å². The summed E-state index contributed by atoms with van der Waals surface area (Å²) in [5.74, 6) is 0. The molecule has 38 valence electrons. The third-order valence-electron chi connectivity index (χ3n) is 0.598. The normalized spacial score (nSPS) is 11.0. The molecule has 0 spiro atoms. The number of aromatic amines is 1. The number of nitrogens with zero attached hydrogens (tertiary/aromatic N) is 1. The first-order chi connectivity index (χ1) is 3.43. The Labute approximate surface area is 47.8 Å². The van der Waals surface area contributed by atoms with Crippen LogP contribution in [0.15, 0.2) is 12.3 Å². The molecule has 7 heavy (non-hydrogen) atoms. The molecule has 1 aromatic heterocycles. The van der Waals surface area contributed by atoms with Gasteiger partial charge >= 0.3 is 0 Å². The van der Waals surface area contributed by atoms with Gasteiger partial charge in [-0.05, 0) is 6.07 Å². The van der Waals surface area contributed by atoms with Gasteiger partial charge in [-0.3, -0.25) is 5.10 Å². The Morgan fingerprint density at radius 3 is 3.00 bits per heavy atom. The molecular weight excluding hydrogens is 130 g/mol. The number of hydrogen-bond acceptors (Lipinski definition) is 1. The molecule has 0 radical (unpaired) electrons. The molecule has 0 aliphatic heterocycles. The molecule has 0 bridgehead atoms. The summed E-state index contributed by atoms with van der Waals surface area (Å²) in [6, 6.07) is 1.85. The third-order valence-corrected chi connectivity index (χ3v) is 1.65. The van der Waals surface area contributed by atoms with Crippen LogP contribution in [0.4, 0.5) is 0 Å². The van der Waals surface area contributed by atoms with E-state index < -0.39 is 0 Å². The fourth-order valence-electron chi connectivity index (χ4n) is 0.313. The largest absolute Gasteiger partial charge is 0.285 e. The summed E-state index contributed by atoms with van der Waals surface area (Å²) in [6.45, 7) is 0. The van der Waals surface area contributed by atoms with E-state index in [1.165, 1.54) is 0 Å². The Hall–Kier alpha value is -0.0700. The van der Waals surface area contributed by atoms with Gasteiger partial charge in [0.25, 0.3) is 0 Å². The van der Waals surface area contributed by atoms with Crippen LogP contribution in [-0.2, 0) is 0 Å². The molecule has 0 aliphatic carbocycles. The van der Waals surface area contributed by atoms with Crippen LogP contribution in [0.3, 0.4) is 0 Å². The van der Waals surface area contributed by atoms with Gasteiger partial charge < -0.3 is 0 Å². The molecule has 0 saturated heterocycles. The number of rotatable bonds is 1. The maximum absolute atomic E-state index is 5.41. The summed E-state index contributed by atoms with van der Waals surface area (Å²) in [7, 11) is 0.284. The van der Waals surface area contributed by atoms with Gasteiger partial charge in [0.2, 0.25) is 0 Å². The monoisotopic (exact) mass is 134 g/mol. The summed E-state index contributed by atoms with van der Waals surface area (Å²) in [4.78, 5) is 0. The second-order valence-electron chi connectivity index (χ2n) is 1.05. The smallest absolute Gasteiger partial charge is 0.0973 e. The summed E-state index contributed by atoms with van der Waals surface area (Å²) in [5, 5.41) is 6.44. The second kappa shape index (κ2) is 2.29. The molecule has 0 amide bonds. The Morgan fingerprint density at radius 2 is 2.71 bits per heavy atom. The lowest BCUT2D eigenvalue weighted by Gasteiger charge is -1.74. The van der Waals surface area contributed by atoms with E-state index in [0.717, 1.165) is 5.44 Å². The fourth-order valence-corrected chi connectivity index (χ4v) is 0.882. The molecule has 1 heterocycles. The van der Waals surface area contributed by atoms with Crippen LogP contribution in [0.1, 0.15) is 0 Å². The maximum atomic E-state index is 5.41. The highest BCUT2D eigenvalue weighted by atomic mass is 35.7. The minimum Gasteiger partial charge on any atom is -0.285 e. The highest BCUT2D eigenvalue weighted by Crippen LogP contribution is 2.11. The van der Waals surface area contributed by atoms with Crippen LogP contribution in [0, 0.1) is 0 Å². The van der Waals surface area contributed by atoms with E-state index in [0.29, 0.717) is 0 Å². The topological polar surface area (TPSA) is 28.7 Å². The lowest BCUT2D eigenvalue weighted by atomic mass is 10.8. The quantitative estimate of drug-likeness (QED) is 0.568. The molecule has 1 unspecified atom stereocenters. The molecule has 0 saturated carbocycles. The molecule has 0 aromatic carbocycles. The predicted octanol–water partition coefficient (Wildman–Crippen LogP) is 0.867. The average molecular weight is 135 g/mol. The van der Waals surface area contributed by atoms with Crippen molar-refractivity contribution in [2.75, 3.05) is 0 Å². The first-order valence-electron chi connectivity index (χ1n) is 1.80. The lowest BCUT2D eigenvalue weighted by Crippen LogP contribution is -1.88. The van der Waals surface area contributed by atoms with E-state index in [-0.39, 0.29) is 7.93 Å². The van der Waals surface area contributed by atoms with E-state index in [9.17, 15) is 0 Å². The summed E-state index contributed by atoms with van der Waals surface area (Å²) in [5.41, 5.74) is 0.918. The minimum absolute atomic E-state index is 0.284. The van der Waals surface area contributed by atoms with Crippen molar-refractivity contribution in [3.63, 3.8) is 0 Å². The molecule has 1 rings (SSSR count). The highest BCUT2D eigenvalue weighted by Gasteiger charge is 1.85. The predicted molar refractivity (Wildman–Crippen MR) is 32.4 cm³/mol. The zero-order chi connectivity index (χ0) is 5.11. The van der Waals surface area contributed by atoms with E-state index in [4.69, 9.17) is 11.2 Å². The van der Waals surface area contributed by atoms with Gasteiger partial charge in [0.15, 0.2) is 0 Å². The van der Waals surface area contributed by atoms with Crippen molar-refractivity contribution in [2.45, 2.75) is 0 Å². The molecular formula is C3H4ClN2P. The van der Waals surface area contributed by atoms with Crippen LogP contribution >= 0.6 is 19.2 Å². The van der Waals surface area contributed by atoms with Crippen molar-refractivity contribution in [3.8, 4) is 0 Å². The first-order valence-corrected chi connectivity index (χ1v) is 3.81. The van der Waals surface area contributed by atoms with Crippen LogP contribution in [-0.4, -0.2) is 10.2 Å². The average Bonchev–Trinajstić information content (AvgIpc) is 2.14. The van der Waals surface area contributed by atoms with Gasteiger partial charge in [0.05, 0.1) is 5.44 Å². The Balaban J connectivity index is 2.76. The van der Waals surface area contributed by atoms with Crippen LogP contribution in [0.2, 0.25) is 0 Å². The summed E-state index contributed by atoms with van der Waals surface area (Å²) in [6.07, 6.45) is 1.75. The Bertz CT molecular complexity index is 127. The molecule has 1 atom stereocenters. The maximum Gasteiger partial charge on any atom is 0.0973 e. The summed E-state index contributed by atoms with van der Waals surface area (Å²) < 4.78 is 0. The Kier molecular flexibility index (Phi) is 1.66. The number of hydrogen-bond donors (Lipinski definition) is 1. The molecule has 1 N–H and O–H groups in total. The van der Waals surface area contributed by atoms with E-state index >= 15 is 0 Å². The van der Waals surface area contributed by atoms with Gasteiger partial charge in [0, 0.05) is 14.1 Å². The van der Waals surface area contributed by atoms with Crippen LogP contribution in [0.5, 0.6) is 0 Å². The summed E-state index contributed by atoms with van der Waals surface area (Å²) >= 11 is 5.41. The van der Waals surface area contributed by atoms with Gasteiger partial charge in [-0.15, -0.1) is 0 Å². The van der Waals surface area contributed by atoms with Crippen molar-refractivity contribution in [1.82, 2.24) is 10.2 Å². The number of halogens is 1. The fraction of sp³-hybridized carbons (Fsp3) is 0. The SMILES string of the molecule is ClPc1cc[nH]n1. The number of aromatic nitrogens is 2. The van der Waals surface area contributed by atoms with Crippen molar-refractivity contribution < 1.29 is 0 Å². The number of nitrogens with one attached hydrogen (secondary N) is 1. The van der Waals surface area contributed by atoms with Gasteiger partial charge in [0.1, 0.15) is 0 Å². The lowest BCUT2D eigenvalue weighted by molar-refractivity contribution is 1.11. The molecule has 0 fully saturated rings. The minimum atomic E-state index is 0.284. The highest BCUT2D eigenvalue weighted by molar-refractivity contribution is 7.74. The first kappa shape index (κ1) is 5.07. The van der Waals surface area contributed by atoms with Crippen LogP contribution in [0.25, 0.3) is 0 Å². The van der Waals surface area contributed by atoms with E-state index in [1.807, 2.05) is 6.07 Å². The molecule has 0 aliphatic rings. The number of H-pyrrole nitrogens is 1. The molecule has 2 nitrogen and oxygen atoms in total. The van der Waals surface area contributed by atoms with Gasteiger partial charge in [-0.2, -0.15) is 5.10 Å².